The van der Waals surface area contributed by atoms with Crippen LogP contribution in [0.1, 0.15) is 19.5 Å². The number of aryl methyl sites for hydroxylation is 1. The highest BCUT2D eigenvalue weighted by Crippen LogP contribution is 2.29. The van der Waals surface area contributed by atoms with Gasteiger partial charge in [0.1, 0.15) is 17.4 Å². The lowest BCUT2D eigenvalue weighted by Crippen LogP contribution is -2.04. The second-order valence-corrected chi connectivity index (χ2v) is 8.97. The smallest absolute Gasteiger partial charge is 0.166 e. The van der Waals surface area contributed by atoms with Crippen molar-refractivity contribution in [3.05, 3.63) is 73.4 Å². The molecule has 0 atom stereocenters. The Kier molecular flexibility index (Phi) is 5.06. The first-order valence-corrected chi connectivity index (χ1v) is 11.6. The van der Waals surface area contributed by atoms with E-state index >= 15 is 0 Å². The number of anilines is 1. The summed E-state index contributed by atoms with van der Waals surface area (Å²) in [6.45, 7) is 10.2. The van der Waals surface area contributed by atoms with Crippen molar-refractivity contribution in [1.82, 2.24) is 44.7 Å². The standard InChI is InChI=1S/C26H24N10/c1-14(2)16(4)30-18-9-17(10-27-11-18)19-5-6-21-22(31-19)24(35-34-21)25-32-20-7-8-28-26(23(20)33-25)36-12-15(3)29-13-36/h5-14,30H,4H2,1-3H3,(H,32,33)(H,34,35). The number of nitrogens with one attached hydrogen (secondary N) is 3. The van der Waals surface area contributed by atoms with Gasteiger partial charge >= 0.3 is 0 Å². The van der Waals surface area contributed by atoms with Gasteiger partial charge in [-0.15, -0.1) is 0 Å². The Morgan fingerprint density at radius 3 is 2.75 bits per heavy atom. The molecular formula is C26H24N10. The molecule has 6 heterocycles. The van der Waals surface area contributed by atoms with Crippen molar-refractivity contribution in [2.24, 2.45) is 5.92 Å². The van der Waals surface area contributed by atoms with Gasteiger partial charge in [-0.25, -0.2) is 19.9 Å². The first-order chi connectivity index (χ1) is 17.5. The molecule has 0 saturated carbocycles. The Morgan fingerprint density at radius 2 is 1.94 bits per heavy atom. The minimum absolute atomic E-state index is 0.314. The Labute approximate surface area is 206 Å². The van der Waals surface area contributed by atoms with E-state index in [1.165, 1.54) is 0 Å². The molecule has 6 aromatic rings. The van der Waals surface area contributed by atoms with Crippen molar-refractivity contribution in [3.8, 4) is 28.6 Å². The van der Waals surface area contributed by atoms with Crippen molar-refractivity contribution in [3.63, 3.8) is 0 Å². The van der Waals surface area contributed by atoms with Gasteiger partial charge in [-0.05, 0) is 37.1 Å². The summed E-state index contributed by atoms with van der Waals surface area (Å²) in [6.07, 6.45) is 8.97. The molecule has 0 radical (unpaired) electrons. The molecular weight excluding hydrogens is 452 g/mol. The average molecular weight is 477 g/mol. The maximum absolute atomic E-state index is 4.92. The van der Waals surface area contributed by atoms with E-state index in [1.807, 2.05) is 42.0 Å². The first-order valence-electron chi connectivity index (χ1n) is 11.6. The molecule has 6 rings (SSSR count). The minimum atomic E-state index is 0.314. The number of nitrogens with zero attached hydrogens (tertiary/aromatic N) is 7. The Morgan fingerprint density at radius 1 is 1.06 bits per heavy atom. The summed E-state index contributed by atoms with van der Waals surface area (Å²) in [5.41, 5.74) is 8.10. The van der Waals surface area contributed by atoms with E-state index in [4.69, 9.17) is 9.97 Å². The molecule has 10 nitrogen and oxygen atoms in total. The zero-order valence-corrected chi connectivity index (χ0v) is 20.1. The Balaban J connectivity index is 1.41. The van der Waals surface area contributed by atoms with Gasteiger partial charge in [0.25, 0.3) is 0 Å². The molecule has 0 unspecified atom stereocenters. The molecule has 0 aliphatic heterocycles. The molecule has 0 amide bonds. The van der Waals surface area contributed by atoms with E-state index in [-0.39, 0.29) is 0 Å². The normalized spacial score (nSPS) is 11.6. The van der Waals surface area contributed by atoms with Crippen LogP contribution < -0.4 is 5.32 Å². The third-order valence-corrected chi connectivity index (χ3v) is 6.01. The molecule has 6 aromatic heterocycles. The van der Waals surface area contributed by atoms with Gasteiger partial charge in [0, 0.05) is 29.9 Å². The van der Waals surface area contributed by atoms with Gasteiger partial charge in [0.2, 0.25) is 0 Å². The van der Waals surface area contributed by atoms with Crippen LogP contribution in [-0.2, 0) is 0 Å². The van der Waals surface area contributed by atoms with Crippen LogP contribution >= 0.6 is 0 Å². The number of allylic oxidation sites excluding steroid dienone is 1. The first kappa shape index (κ1) is 21.7. The lowest BCUT2D eigenvalue weighted by Gasteiger charge is -2.13. The van der Waals surface area contributed by atoms with E-state index in [0.29, 0.717) is 28.8 Å². The average Bonchev–Trinajstić information content (AvgIpc) is 3.61. The quantitative estimate of drug-likeness (QED) is 0.308. The molecule has 178 valence electrons. The van der Waals surface area contributed by atoms with Crippen molar-refractivity contribution in [2.75, 3.05) is 5.32 Å². The van der Waals surface area contributed by atoms with Crippen LogP contribution in [-0.4, -0.2) is 44.7 Å². The fourth-order valence-electron chi connectivity index (χ4n) is 3.96. The lowest BCUT2D eigenvalue weighted by molar-refractivity contribution is 0.778. The molecule has 0 bridgehead atoms. The van der Waals surface area contributed by atoms with Crippen LogP contribution in [0.5, 0.6) is 0 Å². The minimum Gasteiger partial charge on any atom is -0.358 e. The third kappa shape index (κ3) is 3.78. The van der Waals surface area contributed by atoms with E-state index in [2.05, 4.69) is 55.9 Å². The van der Waals surface area contributed by atoms with E-state index in [9.17, 15) is 0 Å². The van der Waals surface area contributed by atoms with Crippen LogP contribution in [0.2, 0.25) is 0 Å². The third-order valence-electron chi connectivity index (χ3n) is 6.01. The summed E-state index contributed by atoms with van der Waals surface area (Å²) in [4.78, 5) is 26.3. The molecule has 3 N–H and O–H groups in total. The van der Waals surface area contributed by atoms with Crippen LogP contribution in [0.4, 0.5) is 5.69 Å². The molecule has 0 saturated heterocycles. The molecule has 0 fully saturated rings. The number of aromatic amines is 2. The van der Waals surface area contributed by atoms with Crippen LogP contribution in [0.15, 0.2) is 67.7 Å². The van der Waals surface area contributed by atoms with Crippen LogP contribution in [0, 0.1) is 12.8 Å². The summed E-state index contributed by atoms with van der Waals surface area (Å²) in [5.74, 6) is 1.62. The van der Waals surface area contributed by atoms with Crippen molar-refractivity contribution < 1.29 is 0 Å². The molecule has 0 aliphatic carbocycles. The number of aromatic nitrogens is 9. The summed E-state index contributed by atoms with van der Waals surface area (Å²) in [5, 5.41) is 10.9. The van der Waals surface area contributed by atoms with Gasteiger partial charge < -0.3 is 10.3 Å². The number of H-pyrrole nitrogens is 2. The van der Waals surface area contributed by atoms with E-state index in [0.717, 1.165) is 44.9 Å². The van der Waals surface area contributed by atoms with Crippen molar-refractivity contribution in [1.29, 1.82) is 0 Å². The summed E-state index contributed by atoms with van der Waals surface area (Å²) in [7, 11) is 0. The number of imidazole rings is 2. The second-order valence-electron chi connectivity index (χ2n) is 8.97. The lowest BCUT2D eigenvalue weighted by atomic mass is 10.1. The maximum Gasteiger partial charge on any atom is 0.166 e. The van der Waals surface area contributed by atoms with E-state index < -0.39 is 0 Å². The summed E-state index contributed by atoms with van der Waals surface area (Å²) in [6, 6.07) is 7.82. The van der Waals surface area contributed by atoms with Gasteiger partial charge in [-0.1, -0.05) is 20.4 Å². The zero-order chi connectivity index (χ0) is 24.8. The number of hydrogen-bond acceptors (Lipinski definition) is 7. The molecule has 0 aromatic carbocycles. The largest absolute Gasteiger partial charge is 0.358 e. The van der Waals surface area contributed by atoms with Crippen molar-refractivity contribution >= 4 is 27.8 Å². The van der Waals surface area contributed by atoms with Gasteiger partial charge in [0.05, 0.1) is 34.3 Å². The summed E-state index contributed by atoms with van der Waals surface area (Å²) >= 11 is 0. The Hall–Kier alpha value is -4.86. The molecule has 10 heteroatoms. The fraction of sp³-hybridized carbons (Fsp3) is 0.154. The number of pyridine rings is 3. The highest BCUT2D eigenvalue weighted by Gasteiger charge is 2.17. The van der Waals surface area contributed by atoms with Gasteiger partial charge in [-0.2, -0.15) is 5.10 Å². The van der Waals surface area contributed by atoms with Crippen LogP contribution in [0.25, 0.3) is 50.7 Å². The summed E-state index contributed by atoms with van der Waals surface area (Å²) < 4.78 is 1.86. The van der Waals surface area contributed by atoms with Crippen LogP contribution in [0.3, 0.4) is 0 Å². The zero-order valence-electron chi connectivity index (χ0n) is 20.1. The maximum atomic E-state index is 4.92. The SMILES string of the molecule is C=C(Nc1cncc(-c2ccc3[nH]nc(-c4nc5c(-n6cnc(C)c6)nccc5[nH]4)c3n2)c1)C(C)C. The fourth-order valence-corrected chi connectivity index (χ4v) is 3.96. The van der Waals surface area contributed by atoms with E-state index in [1.54, 1.807) is 24.9 Å². The van der Waals surface area contributed by atoms with Crippen molar-refractivity contribution in [2.45, 2.75) is 20.8 Å². The van der Waals surface area contributed by atoms with Gasteiger partial charge in [-0.3, -0.25) is 14.6 Å². The topological polar surface area (TPSA) is 126 Å². The predicted octanol–water partition coefficient (Wildman–Crippen LogP) is 5.03. The molecule has 0 aliphatic rings. The number of fused-ring (bicyclic) bond motifs is 2. The number of hydrogen-bond donors (Lipinski definition) is 3. The highest BCUT2D eigenvalue weighted by molar-refractivity contribution is 5.92. The van der Waals surface area contributed by atoms with Gasteiger partial charge in [0.15, 0.2) is 17.3 Å². The predicted molar refractivity (Wildman–Crippen MR) is 139 cm³/mol. The molecule has 0 spiro atoms. The second kappa shape index (κ2) is 8.42. The molecule has 36 heavy (non-hydrogen) atoms. The number of rotatable bonds is 6. The highest BCUT2D eigenvalue weighted by atomic mass is 15.2. The monoisotopic (exact) mass is 476 g/mol. The Bertz CT molecular complexity index is 1740.